The molecule has 2 aliphatic heterocycles. The first-order valence-corrected chi connectivity index (χ1v) is 7.59. The minimum absolute atomic E-state index is 0.143. The van der Waals surface area contributed by atoms with E-state index in [2.05, 4.69) is 24.1 Å². The fourth-order valence-electron chi connectivity index (χ4n) is 3.17. The number of hydrogen-bond acceptors (Lipinski definition) is 3. The van der Waals surface area contributed by atoms with Gasteiger partial charge in [0.1, 0.15) is 6.54 Å². The van der Waals surface area contributed by atoms with Gasteiger partial charge in [-0.1, -0.05) is 0 Å². The Bertz CT molecular complexity index is 365. The predicted octanol–water partition coefficient (Wildman–Crippen LogP) is 1.61. The number of rotatable bonds is 4. The molecule has 0 spiro atoms. The molecule has 21 heavy (non-hydrogen) atoms. The van der Waals surface area contributed by atoms with Crippen molar-refractivity contribution in [1.82, 2.24) is 15.1 Å². The molecule has 2 rings (SSSR count). The number of piperidine rings is 1. The lowest BCUT2D eigenvalue weighted by atomic mass is 10.0. The van der Waals surface area contributed by atoms with E-state index in [1.165, 1.54) is 0 Å². The lowest BCUT2D eigenvalue weighted by Gasteiger charge is -2.36. The molecule has 0 aromatic rings. The van der Waals surface area contributed by atoms with Crippen LogP contribution in [0, 0.1) is 0 Å². The van der Waals surface area contributed by atoms with Gasteiger partial charge in [-0.2, -0.15) is 13.2 Å². The Hall–Kier alpha value is -0.820. The van der Waals surface area contributed by atoms with E-state index in [0.717, 1.165) is 30.8 Å². The number of amides is 1. The maximum Gasteiger partial charge on any atom is 0.406 e. The summed E-state index contributed by atoms with van der Waals surface area (Å²) >= 11 is 0. The molecule has 2 aliphatic rings. The fraction of sp³-hybridized carbons (Fsp3) is 0.929. The molecule has 0 saturated carbocycles. The van der Waals surface area contributed by atoms with Gasteiger partial charge >= 0.3 is 6.18 Å². The van der Waals surface area contributed by atoms with E-state index < -0.39 is 18.6 Å². The topological polar surface area (TPSA) is 35.6 Å². The number of nitrogens with zero attached hydrogens (tertiary/aromatic N) is 2. The predicted molar refractivity (Wildman–Crippen MR) is 73.9 cm³/mol. The molecule has 0 aliphatic carbocycles. The lowest BCUT2D eigenvalue weighted by molar-refractivity contribution is -0.157. The molecule has 7 heteroatoms. The van der Waals surface area contributed by atoms with Crippen molar-refractivity contribution >= 4 is 5.91 Å². The molecule has 1 amide bonds. The quantitative estimate of drug-likeness (QED) is 0.857. The van der Waals surface area contributed by atoms with Crippen molar-refractivity contribution < 1.29 is 18.0 Å². The first-order chi connectivity index (χ1) is 9.74. The first kappa shape index (κ1) is 16.5. The van der Waals surface area contributed by atoms with Crippen molar-refractivity contribution in [2.45, 2.75) is 57.4 Å². The van der Waals surface area contributed by atoms with E-state index in [9.17, 15) is 18.0 Å². The van der Waals surface area contributed by atoms with E-state index in [1.807, 2.05) is 0 Å². The number of nitrogens with one attached hydrogen (secondary N) is 1. The van der Waals surface area contributed by atoms with Gasteiger partial charge in [-0.15, -0.1) is 0 Å². The van der Waals surface area contributed by atoms with Gasteiger partial charge in [0.25, 0.3) is 0 Å². The summed E-state index contributed by atoms with van der Waals surface area (Å²) < 4.78 is 37.1. The molecule has 2 heterocycles. The maximum atomic E-state index is 12.4. The van der Waals surface area contributed by atoms with Gasteiger partial charge in [-0.25, -0.2) is 0 Å². The van der Waals surface area contributed by atoms with Gasteiger partial charge in [0.2, 0.25) is 5.91 Å². The Morgan fingerprint density at radius 3 is 2.38 bits per heavy atom. The molecule has 4 nitrogen and oxygen atoms in total. The second-order valence-corrected chi connectivity index (χ2v) is 6.36. The smallest absolute Gasteiger partial charge is 0.332 e. The van der Waals surface area contributed by atoms with Gasteiger partial charge in [-0.3, -0.25) is 4.79 Å². The highest BCUT2D eigenvalue weighted by atomic mass is 19.4. The SMILES string of the molecule is CC(C)N1CCC(N[C@H]2CC(=O)N(CC(F)(F)F)C2)CC1. The van der Waals surface area contributed by atoms with Crippen LogP contribution in [0.25, 0.3) is 0 Å². The van der Waals surface area contributed by atoms with E-state index in [1.54, 1.807) is 0 Å². The molecule has 122 valence electrons. The number of carbonyl (C=O) groups excluding carboxylic acids is 1. The highest BCUT2D eigenvalue weighted by Crippen LogP contribution is 2.22. The van der Waals surface area contributed by atoms with Crippen LogP contribution in [-0.4, -0.2) is 66.2 Å². The summed E-state index contributed by atoms with van der Waals surface area (Å²) in [5, 5.41) is 3.37. The van der Waals surface area contributed by atoms with Crippen molar-refractivity contribution in [3.8, 4) is 0 Å². The van der Waals surface area contributed by atoms with Crippen LogP contribution in [0.2, 0.25) is 0 Å². The number of halogens is 3. The van der Waals surface area contributed by atoms with Crippen LogP contribution >= 0.6 is 0 Å². The summed E-state index contributed by atoms with van der Waals surface area (Å²) in [6.45, 7) is 5.37. The molecule has 0 aromatic carbocycles. The van der Waals surface area contributed by atoms with Crippen molar-refractivity contribution in [3.63, 3.8) is 0 Å². The van der Waals surface area contributed by atoms with E-state index in [0.29, 0.717) is 12.1 Å². The standard InChI is InChI=1S/C14H24F3N3O/c1-10(2)19-5-3-11(4-6-19)18-12-7-13(21)20(8-12)9-14(15,16)17/h10-12,18H,3-9H2,1-2H3/t12-/m0/s1. The highest BCUT2D eigenvalue weighted by molar-refractivity contribution is 5.79. The third-order valence-corrected chi connectivity index (χ3v) is 4.32. The maximum absolute atomic E-state index is 12.4. The fourth-order valence-corrected chi connectivity index (χ4v) is 3.17. The lowest BCUT2D eigenvalue weighted by Crippen LogP contribution is -2.48. The van der Waals surface area contributed by atoms with Crippen molar-refractivity contribution in [3.05, 3.63) is 0 Å². The number of alkyl halides is 3. The summed E-state index contributed by atoms with van der Waals surface area (Å²) in [7, 11) is 0. The van der Waals surface area contributed by atoms with Gasteiger partial charge < -0.3 is 15.1 Å². The van der Waals surface area contributed by atoms with Crippen LogP contribution in [0.5, 0.6) is 0 Å². The molecule has 0 radical (unpaired) electrons. The Kier molecular flexibility index (Phi) is 5.14. The third kappa shape index (κ3) is 4.85. The van der Waals surface area contributed by atoms with Crippen molar-refractivity contribution in [1.29, 1.82) is 0 Å². The van der Waals surface area contributed by atoms with Crippen LogP contribution in [0.3, 0.4) is 0 Å². The Morgan fingerprint density at radius 1 is 1.24 bits per heavy atom. The number of hydrogen-bond donors (Lipinski definition) is 1. The van der Waals surface area contributed by atoms with Crippen molar-refractivity contribution in [2.24, 2.45) is 0 Å². The third-order valence-electron chi connectivity index (χ3n) is 4.32. The van der Waals surface area contributed by atoms with Gasteiger partial charge in [0.05, 0.1) is 0 Å². The Balaban J connectivity index is 1.77. The van der Waals surface area contributed by atoms with Crippen LogP contribution in [0.15, 0.2) is 0 Å². The first-order valence-electron chi connectivity index (χ1n) is 7.59. The highest BCUT2D eigenvalue weighted by Gasteiger charge is 2.38. The second-order valence-electron chi connectivity index (χ2n) is 6.36. The molecule has 0 bridgehead atoms. The molecule has 1 N–H and O–H groups in total. The molecular formula is C14H24F3N3O. The van der Waals surface area contributed by atoms with E-state index in [-0.39, 0.29) is 19.0 Å². The van der Waals surface area contributed by atoms with E-state index >= 15 is 0 Å². The summed E-state index contributed by atoms with van der Waals surface area (Å²) in [5.74, 6) is -0.399. The van der Waals surface area contributed by atoms with Crippen LogP contribution in [-0.2, 0) is 4.79 Å². The molecule has 0 unspecified atom stereocenters. The normalized spacial score (nSPS) is 26.1. The summed E-state index contributed by atoms with van der Waals surface area (Å²) in [6, 6.07) is 0.695. The molecule has 2 fully saturated rings. The number of likely N-dealkylation sites (tertiary alicyclic amines) is 2. The van der Waals surface area contributed by atoms with Crippen molar-refractivity contribution in [2.75, 3.05) is 26.2 Å². The van der Waals surface area contributed by atoms with Gasteiger partial charge in [0.15, 0.2) is 0 Å². The zero-order valence-corrected chi connectivity index (χ0v) is 12.6. The molecule has 1 atom stereocenters. The van der Waals surface area contributed by atoms with Crippen LogP contribution < -0.4 is 5.32 Å². The average Bonchev–Trinajstić information content (AvgIpc) is 2.68. The summed E-state index contributed by atoms with van der Waals surface area (Å²) in [5.41, 5.74) is 0. The second kappa shape index (κ2) is 6.52. The van der Waals surface area contributed by atoms with E-state index in [4.69, 9.17) is 0 Å². The molecule has 0 aromatic heterocycles. The molecular weight excluding hydrogens is 283 g/mol. The summed E-state index contributed by atoms with van der Waals surface area (Å²) in [6.07, 6.45) is -2.15. The van der Waals surface area contributed by atoms with Gasteiger partial charge in [0, 0.05) is 31.1 Å². The average molecular weight is 307 g/mol. The largest absolute Gasteiger partial charge is 0.406 e. The van der Waals surface area contributed by atoms with Crippen LogP contribution in [0.4, 0.5) is 13.2 Å². The zero-order chi connectivity index (χ0) is 15.6. The summed E-state index contributed by atoms with van der Waals surface area (Å²) in [4.78, 5) is 14.9. The molecule has 2 saturated heterocycles. The minimum Gasteiger partial charge on any atom is -0.332 e. The monoisotopic (exact) mass is 307 g/mol. The number of carbonyl (C=O) groups is 1. The zero-order valence-electron chi connectivity index (χ0n) is 12.6. The Morgan fingerprint density at radius 2 is 1.86 bits per heavy atom. The Labute approximate surface area is 123 Å². The van der Waals surface area contributed by atoms with Gasteiger partial charge in [-0.05, 0) is 39.8 Å². The minimum atomic E-state index is -4.31. The van der Waals surface area contributed by atoms with Crippen LogP contribution in [0.1, 0.15) is 33.1 Å².